The number of halogens is 6. The maximum absolute atomic E-state index is 13.2. The van der Waals surface area contributed by atoms with Crippen LogP contribution in [0.25, 0.3) is 11.3 Å². The molecular weight excluding hydrogens is 576 g/mol. The summed E-state index contributed by atoms with van der Waals surface area (Å²) in [6.07, 6.45) is -8.51. The summed E-state index contributed by atoms with van der Waals surface area (Å²) in [4.78, 5) is 17.0. The van der Waals surface area contributed by atoms with Crippen molar-refractivity contribution in [3.8, 4) is 22.8 Å². The van der Waals surface area contributed by atoms with Gasteiger partial charge in [0.05, 0.1) is 10.6 Å². The number of anilines is 1. The maximum atomic E-state index is 13.2. The molecular formula is C23H19F6N3O5S2. The Labute approximate surface area is 222 Å². The van der Waals surface area contributed by atoms with Crippen molar-refractivity contribution in [3.63, 3.8) is 0 Å². The van der Waals surface area contributed by atoms with Crippen LogP contribution in [-0.4, -0.2) is 48.9 Å². The zero-order valence-corrected chi connectivity index (χ0v) is 21.3. The lowest BCUT2D eigenvalue weighted by Crippen LogP contribution is -2.49. The first-order chi connectivity index (χ1) is 18.2. The van der Waals surface area contributed by atoms with E-state index in [-0.39, 0.29) is 23.0 Å². The minimum absolute atomic E-state index is 0.0245. The summed E-state index contributed by atoms with van der Waals surface area (Å²) in [6.45, 7) is 0.0245. The molecule has 210 valence electrons. The molecule has 2 heterocycles. The Kier molecular flexibility index (Phi) is 8.09. The van der Waals surface area contributed by atoms with Crippen LogP contribution in [0.1, 0.15) is 19.3 Å². The fraction of sp³-hybridized carbons (Fsp3) is 0.304. The van der Waals surface area contributed by atoms with Crippen LogP contribution in [0.15, 0.2) is 58.8 Å². The molecule has 0 saturated carbocycles. The predicted octanol–water partition coefficient (Wildman–Crippen LogP) is 5.79. The number of amides is 1. The minimum atomic E-state index is -4.93. The molecule has 1 amide bonds. The second-order valence-corrected chi connectivity index (χ2v) is 11.0. The highest BCUT2D eigenvalue weighted by atomic mass is 32.2. The van der Waals surface area contributed by atoms with E-state index in [1.165, 1.54) is 12.1 Å². The number of nitrogens with zero attached hydrogens (tertiary/aromatic N) is 2. The smallest absolute Gasteiger partial charge is 0.406 e. The van der Waals surface area contributed by atoms with Crippen molar-refractivity contribution in [2.45, 2.75) is 42.9 Å². The molecule has 8 nitrogen and oxygen atoms in total. The number of hydrogen-bond donors (Lipinski definition) is 1. The fourth-order valence-corrected chi connectivity index (χ4v) is 6.26. The predicted molar refractivity (Wildman–Crippen MR) is 128 cm³/mol. The van der Waals surface area contributed by atoms with Crippen molar-refractivity contribution in [3.05, 3.63) is 53.9 Å². The number of nitrogens with one attached hydrogen (secondary N) is 1. The number of rotatable bonds is 7. The van der Waals surface area contributed by atoms with E-state index in [2.05, 4.69) is 19.8 Å². The van der Waals surface area contributed by atoms with Crippen LogP contribution in [0.4, 0.5) is 31.5 Å². The average Bonchev–Trinajstić information content (AvgIpc) is 3.31. The number of sulfonamides is 1. The van der Waals surface area contributed by atoms with E-state index in [1.54, 1.807) is 5.38 Å². The first-order valence-electron chi connectivity index (χ1n) is 11.2. The molecule has 0 unspecified atom stereocenters. The molecule has 0 spiro atoms. The van der Waals surface area contributed by atoms with Crippen LogP contribution >= 0.6 is 11.3 Å². The molecule has 3 aromatic rings. The van der Waals surface area contributed by atoms with Gasteiger partial charge in [-0.3, -0.25) is 4.79 Å². The Balaban J connectivity index is 1.46. The SMILES string of the molecule is O=C(Nc1nc(-c2ccc(OC(F)(F)F)cc2)cs1)[C@H]1CCCCN1S(=O)(=O)c1ccc(OC(F)(F)F)cc1. The van der Waals surface area contributed by atoms with Gasteiger partial charge in [-0.05, 0) is 61.4 Å². The first-order valence-corrected chi connectivity index (χ1v) is 13.5. The van der Waals surface area contributed by atoms with Crippen molar-refractivity contribution in [1.82, 2.24) is 9.29 Å². The minimum Gasteiger partial charge on any atom is -0.406 e. The Bertz CT molecular complexity index is 1410. The van der Waals surface area contributed by atoms with Crippen LogP contribution in [-0.2, 0) is 14.8 Å². The molecule has 39 heavy (non-hydrogen) atoms. The van der Waals surface area contributed by atoms with Crippen molar-refractivity contribution < 1.29 is 49.0 Å². The summed E-state index contributed by atoms with van der Waals surface area (Å²) < 4.78 is 109. The van der Waals surface area contributed by atoms with Gasteiger partial charge in [-0.1, -0.05) is 6.42 Å². The van der Waals surface area contributed by atoms with Gasteiger partial charge < -0.3 is 14.8 Å². The van der Waals surface area contributed by atoms with Gasteiger partial charge in [0.15, 0.2) is 5.13 Å². The number of ether oxygens (including phenoxy) is 2. The number of thiazole rings is 1. The number of carbonyl (C=O) groups is 1. The Hall–Kier alpha value is -3.37. The molecule has 2 aromatic carbocycles. The van der Waals surface area contributed by atoms with E-state index >= 15 is 0 Å². The number of carbonyl (C=O) groups excluding carboxylic acids is 1. The van der Waals surface area contributed by atoms with Gasteiger partial charge >= 0.3 is 12.7 Å². The molecule has 1 atom stereocenters. The van der Waals surface area contributed by atoms with Gasteiger partial charge in [-0.2, -0.15) is 4.31 Å². The standard InChI is InChI=1S/C23H19F6N3O5S2/c24-22(25,26)36-15-6-4-14(5-7-15)18-13-38-21(30-18)31-20(33)19-3-1-2-12-32(19)39(34,35)17-10-8-16(9-11-17)37-23(27,28)29/h4-11,13,19H,1-3,12H2,(H,30,31,33)/t19-/m1/s1. The Morgan fingerprint density at radius 3 is 2.05 bits per heavy atom. The first kappa shape index (κ1) is 28.6. The normalized spacial score (nSPS) is 17.0. The zero-order valence-electron chi connectivity index (χ0n) is 19.6. The summed E-state index contributed by atoms with van der Waals surface area (Å²) in [5, 5.41) is 4.28. The van der Waals surface area contributed by atoms with E-state index in [0.717, 1.165) is 52.0 Å². The quantitative estimate of drug-likeness (QED) is 0.348. The number of alkyl halides is 6. The average molecular weight is 596 g/mol. The van der Waals surface area contributed by atoms with Gasteiger partial charge in [0.2, 0.25) is 15.9 Å². The molecule has 1 N–H and O–H groups in total. The van der Waals surface area contributed by atoms with Crippen molar-refractivity contribution >= 4 is 32.4 Å². The number of hydrogen-bond acceptors (Lipinski definition) is 7. The molecule has 16 heteroatoms. The van der Waals surface area contributed by atoms with Crippen molar-refractivity contribution in [2.75, 3.05) is 11.9 Å². The molecule has 0 bridgehead atoms. The summed E-state index contributed by atoms with van der Waals surface area (Å²) in [6, 6.07) is 7.55. The summed E-state index contributed by atoms with van der Waals surface area (Å²) in [7, 11) is -4.24. The third kappa shape index (κ3) is 7.39. The van der Waals surface area contributed by atoms with Crippen LogP contribution in [0.2, 0.25) is 0 Å². The van der Waals surface area contributed by atoms with Crippen LogP contribution in [0.3, 0.4) is 0 Å². The topological polar surface area (TPSA) is 97.8 Å². The lowest BCUT2D eigenvalue weighted by molar-refractivity contribution is -0.275. The fourth-order valence-electron chi connectivity index (χ4n) is 3.88. The van der Waals surface area contributed by atoms with Gasteiger partial charge in [-0.15, -0.1) is 37.7 Å². The molecule has 1 saturated heterocycles. The Morgan fingerprint density at radius 1 is 0.923 bits per heavy atom. The lowest BCUT2D eigenvalue weighted by atomic mass is 10.0. The van der Waals surface area contributed by atoms with E-state index in [1.807, 2.05) is 0 Å². The molecule has 0 aliphatic carbocycles. The maximum Gasteiger partial charge on any atom is 0.573 e. The third-order valence-corrected chi connectivity index (χ3v) is 8.22. The number of aromatic nitrogens is 1. The van der Waals surface area contributed by atoms with E-state index in [4.69, 9.17) is 0 Å². The highest BCUT2D eigenvalue weighted by Crippen LogP contribution is 2.31. The Morgan fingerprint density at radius 2 is 1.49 bits per heavy atom. The second kappa shape index (κ2) is 11.0. The number of benzene rings is 2. The van der Waals surface area contributed by atoms with Gasteiger partial charge in [-0.25, -0.2) is 13.4 Å². The van der Waals surface area contributed by atoms with Crippen molar-refractivity contribution in [1.29, 1.82) is 0 Å². The highest BCUT2D eigenvalue weighted by molar-refractivity contribution is 7.89. The zero-order chi connectivity index (χ0) is 28.4. The summed E-state index contributed by atoms with van der Waals surface area (Å²) in [5.74, 6) is -1.64. The third-order valence-electron chi connectivity index (χ3n) is 5.54. The molecule has 1 aromatic heterocycles. The van der Waals surface area contributed by atoms with Crippen LogP contribution < -0.4 is 14.8 Å². The molecule has 0 radical (unpaired) electrons. The summed E-state index contributed by atoms with van der Waals surface area (Å²) in [5.41, 5.74) is 0.823. The van der Waals surface area contributed by atoms with Crippen LogP contribution in [0, 0.1) is 0 Å². The molecule has 4 rings (SSSR count). The lowest BCUT2D eigenvalue weighted by Gasteiger charge is -2.33. The van der Waals surface area contributed by atoms with Crippen molar-refractivity contribution in [2.24, 2.45) is 0 Å². The molecule has 1 aliphatic rings. The van der Waals surface area contributed by atoms with E-state index < -0.39 is 46.2 Å². The molecule has 1 aliphatic heterocycles. The van der Waals surface area contributed by atoms with Crippen LogP contribution in [0.5, 0.6) is 11.5 Å². The summed E-state index contributed by atoms with van der Waals surface area (Å²) >= 11 is 1.03. The largest absolute Gasteiger partial charge is 0.573 e. The van der Waals surface area contributed by atoms with Gasteiger partial charge in [0.1, 0.15) is 17.5 Å². The monoisotopic (exact) mass is 595 g/mol. The highest BCUT2D eigenvalue weighted by Gasteiger charge is 2.38. The number of piperidine rings is 1. The van der Waals surface area contributed by atoms with E-state index in [9.17, 15) is 39.6 Å². The second-order valence-electron chi connectivity index (χ2n) is 8.25. The van der Waals surface area contributed by atoms with E-state index in [0.29, 0.717) is 24.1 Å². The molecule has 1 fully saturated rings. The van der Waals surface area contributed by atoms with Gasteiger partial charge in [0, 0.05) is 17.5 Å². The van der Waals surface area contributed by atoms with Gasteiger partial charge in [0.25, 0.3) is 0 Å².